The fraction of sp³-hybridized carbons (Fsp3) is 0.907. The van der Waals surface area contributed by atoms with Gasteiger partial charge in [0.05, 0.1) is 18.8 Å². The molecule has 0 saturated carbocycles. The molecule has 0 aromatic heterocycles. The van der Waals surface area contributed by atoms with Gasteiger partial charge >= 0.3 is 0 Å². The van der Waals surface area contributed by atoms with Gasteiger partial charge < -0.3 is 25.7 Å². The first kappa shape index (κ1) is 58.8. The number of unbranched alkanes of at least 4 members (excludes halogenated alkanes) is 36. The van der Waals surface area contributed by atoms with Gasteiger partial charge in [0.25, 0.3) is 0 Å². The molecule has 6 heteroatoms. The minimum absolute atomic E-state index is 0.357. The van der Waals surface area contributed by atoms with Crippen LogP contribution in [0.2, 0.25) is 0 Å². The minimum atomic E-state index is -1.28. The summed E-state index contributed by atoms with van der Waals surface area (Å²) in [5, 5.41) is 43.9. The third-order valence-corrected chi connectivity index (χ3v) is 12.6. The van der Waals surface area contributed by atoms with Crippen LogP contribution in [0.15, 0.2) is 24.3 Å². The first-order valence-electron chi connectivity index (χ1n) is 26.7. The molecule has 0 aliphatic heterocycles. The molecule has 0 radical (unpaired) electrons. The molecule has 0 bridgehead atoms. The van der Waals surface area contributed by atoms with E-state index < -0.39 is 36.9 Å². The molecule has 0 aliphatic rings. The van der Waals surface area contributed by atoms with Crippen LogP contribution in [0.25, 0.3) is 0 Å². The molecule has 0 fully saturated rings. The van der Waals surface area contributed by atoms with E-state index in [-0.39, 0.29) is 0 Å². The predicted octanol–water partition coefficient (Wildman–Crippen LogP) is 15.1. The van der Waals surface area contributed by atoms with Crippen molar-refractivity contribution in [3.05, 3.63) is 24.3 Å². The molecule has 4 unspecified atom stereocenters. The summed E-state index contributed by atoms with van der Waals surface area (Å²) >= 11 is 0. The standard InChI is InChI=1S/C54H105NO5/c1-3-5-7-9-11-13-15-17-19-21-23-25-27-29-31-33-35-37-39-41-43-45-47-51(57)53(59)50(49-56)55-54(60)52(58)48-46-44-42-40-38-36-34-32-30-28-26-24-22-20-18-16-14-12-10-8-6-4-2/h30,32,39,41,50-53,56-59H,3-29,31,33-38,40,42-49H2,1-2H3,(H,55,60)/b32-30-,41-39+. The average Bonchev–Trinajstić information content (AvgIpc) is 3.25. The van der Waals surface area contributed by atoms with Crippen molar-refractivity contribution in [2.75, 3.05) is 6.61 Å². The number of hydrogen-bond donors (Lipinski definition) is 5. The highest BCUT2D eigenvalue weighted by atomic mass is 16.3. The summed E-state index contributed by atoms with van der Waals surface area (Å²) in [6.45, 7) is 4.07. The van der Waals surface area contributed by atoms with Crippen LogP contribution in [0, 0.1) is 0 Å². The molecule has 0 aliphatic carbocycles. The molecule has 0 spiro atoms. The number of aliphatic hydroxyl groups is 4. The monoisotopic (exact) mass is 848 g/mol. The molecule has 6 nitrogen and oxygen atoms in total. The van der Waals surface area contributed by atoms with Gasteiger partial charge in [0.1, 0.15) is 12.2 Å². The van der Waals surface area contributed by atoms with Gasteiger partial charge in [0.15, 0.2) is 0 Å². The number of rotatable bonds is 49. The number of carbonyl (C=O) groups excluding carboxylic acids is 1. The van der Waals surface area contributed by atoms with Crippen LogP contribution in [0.3, 0.4) is 0 Å². The van der Waals surface area contributed by atoms with Crippen LogP contribution in [0.5, 0.6) is 0 Å². The highest BCUT2D eigenvalue weighted by molar-refractivity contribution is 5.80. The summed E-state index contributed by atoms with van der Waals surface area (Å²) in [5.74, 6) is -0.595. The summed E-state index contributed by atoms with van der Waals surface area (Å²) in [6.07, 6.45) is 58.1. The van der Waals surface area contributed by atoms with Crippen LogP contribution in [0.4, 0.5) is 0 Å². The predicted molar refractivity (Wildman–Crippen MR) is 261 cm³/mol. The number of amides is 1. The summed E-state index contributed by atoms with van der Waals surface area (Å²) in [5.41, 5.74) is 0. The minimum Gasteiger partial charge on any atom is -0.394 e. The maximum atomic E-state index is 12.6. The van der Waals surface area contributed by atoms with Crippen molar-refractivity contribution in [1.29, 1.82) is 0 Å². The first-order chi connectivity index (χ1) is 29.5. The van der Waals surface area contributed by atoms with E-state index in [1.807, 2.05) is 0 Å². The van der Waals surface area contributed by atoms with Gasteiger partial charge in [-0.1, -0.05) is 244 Å². The zero-order valence-corrected chi connectivity index (χ0v) is 40.2. The van der Waals surface area contributed by atoms with Crippen LogP contribution < -0.4 is 5.32 Å². The smallest absolute Gasteiger partial charge is 0.249 e. The number of carbonyl (C=O) groups is 1. The van der Waals surface area contributed by atoms with Crippen molar-refractivity contribution in [2.24, 2.45) is 0 Å². The SMILES string of the molecule is CCCCCCCCCCCCCC/C=C\CCCCCCCCC(O)C(=O)NC(CO)C(O)C(O)CCC/C=C/CCCCCCCCCCCCCCCCCCC. The van der Waals surface area contributed by atoms with E-state index in [0.29, 0.717) is 12.8 Å². The molecule has 0 aromatic rings. The quantitative estimate of drug-likeness (QED) is 0.0309. The Balaban J connectivity index is 3.69. The fourth-order valence-electron chi connectivity index (χ4n) is 8.40. The molecule has 60 heavy (non-hydrogen) atoms. The summed E-state index contributed by atoms with van der Waals surface area (Å²) in [7, 11) is 0. The van der Waals surface area contributed by atoms with Crippen LogP contribution in [-0.2, 0) is 4.79 Å². The lowest BCUT2D eigenvalue weighted by Gasteiger charge is -2.27. The van der Waals surface area contributed by atoms with E-state index in [1.165, 1.54) is 212 Å². The van der Waals surface area contributed by atoms with Gasteiger partial charge in [0.2, 0.25) is 5.91 Å². The maximum absolute atomic E-state index is 12.6. The summed E-state index contributed by atoms with van der Waals surface area (Å²) in [6, 6.07) is -1.00. The van der Waals surface area contributed by atoms with Gasteiger partial charge in [-0.15, -0.1) is 0 Å². The van der Waals surface area contributed by atoms with E-state index in [0.717, 1.165) is 44.9 Å². The normalized spacial score (nSPS) is 14.0. The Labute approximate surface area is 374 Å². The van der Waals surface area contributed by atoms with E-state index >= 15 is 0 Å². The Morgan fingerprint density at radius 3 is 1.00 bits per heavy atom. The molecule has 1 amide bonds. The van der Waals surface area contributed by atoms with E-state index in [1.54, 1.807) is 0 Å². The number of aliphatic hydroxyl groups excluding tert-OH is 4. The van der Waals surface area contributed by atoms with Gasteiger partial charge in [-0.3, -0.25) is 4.79 Å². The number of hydrogen-bond acceptors (Lipinski definition) is 5. The highest BCUT2D eigenvalue weighted by Gasteiger charge is 2.28. The summed E-state index contributed by atoms with van der Waals surface area (Å²) in [4.78, 5) is 12.6. The van der Waals surface area contributed by atoms with Crippen molar-refractivity contribution in [3.8, 4) is 0 Å². The molecule has 5 N–H and O–H groups in total. The van der Waals surface area contributed by atoms with E-state index in [2.05, 4.69) is 43.5 Å². The Morgan fingerprint density at radius 2 is 0.683 bits per heavy atom. The Bertz CT molecular complexity index is 909. The molecule has 0 heterocycles. The van der Waals surface area contributed by atoms with Crippen LogP contribution in [-0.4, -0.2) is 57.3 Å². The topological polar surface area (TPSA) is 110 Å². The van der Waals surface area contributed by atoms with E-state index in [9.17, 15) is 25.2 Å². The van der Waals surface area contributed by atoms with Crippen molar-refractivity contribution < 1.29 is 25.2 Å². The van der Waals surface area contributed by atoms with Crippen LogP contribution in [0.1, 0.15) is 284 Å². The molecular formula is C54H105NO5. The second-order valence-electron chi connectivity index (χ2n) is 18.6. The Kier molecular flexibility index (Phi) is 47.8. The third kappa shape index (κ3) is 42.1. The molecule has 4 atom stereocenters. The van der Waals surface area contributed by atoms with Gasteiger partial charge in [-0.2, -0.15) is 0 Å². The zero-order valence-electron chi connectivity index (χ0n) is 40.2. The van der Waals surface area contributed by atoms with Crippen molar-refractivity contribution in [3.63, 3.8) is 0 Å². The largest absolute Gasteiger partial charge is 0.394 e. The van der Waals surface area contributed by atoms with Gasteiger partial charge in [0, 0.05) is 0 Å². The lowest BCUT2D eigenvalue weighted by atomic mass is 10.00. The Morgan fingerprint density at radius 1 is 0.400 bits per heavy atom. The van der Waals surface area contributed by atoms with Crippen molar-refractivity contribution in [1.82, 2.24) is 5.32 Å². The molecule has 0 aromatic carbocycles. The van der Waals surface area contributed by atoms with Gasteiger partial charge in [-0.05, 0) is 64.2 Å². The zero-order chi connectivity index (χ0) is 43.8. The number of allylic oxidation sites excluding steroid dienone is 4. The lowest BCUT2D eigenvalue weighted by Crippen LogP contribution is -2.53. The van der Waals surface area contributed by atoms with Crippen LogP contribution >= 0.6 is 0 Å². The molecule has 0 rings (SSSR count). The average molecular weight is 848 g/mol. The molecule has 0 saturated heterocycles. The fourth-order valence-corrected chi connectivity index (χ4v) is 8.40. The third-order valence-electron chi connectivity index (χ3n) is 12.6. The van der Waals surface area contributed by atoms with Crippen molar-refractivity contribution >= 4 is 5.91 Å². The lowest BCUT2D eigenvalue weighted by molar-refractivity contribution is -0.132. The molecule has 356 valence electrons. The summed E-state index contributed by atoms with van der Waals surface area (Å²) < 4.78 is 0. The first-order valence-corrected chi connectivity index (χ1v) is 26.7. The Hall–Kier alpha value is -1.21. The maximum Gasteiger partial charge on any atom is 0.249 e. The van der Waals surface area contributed by atoms with Crippen molar-refractivity contribution in [2.45, 2.75) is 308 Å². The molecular weight excluding hydrogens is 743 g/mol. The van der Waals surface area contributed by atoms with E-state index in [4.69, 9.17) is 0 Å². The second kappa shape index (κ2) is 48.8. The number of nitrogens with one attached hydrogen (secondary N) is 1. The highest BCUT2D eigenvalue weighted by Crippen LogP contribution is 2.17. The van der Waals surface area contributed by atoms with Gasteiger partial charge in [-0.25, -0.2) is 0 Å². The second-order valence-corrected chi connectivity index (χ2v) is 18.6.